The minimum absolute atomic E-state index is 0.135. The van der Waals surface area contributed by atoms with E-state index in [2.05, 4.69) is 25.6 Å². The van der Waals surface area contributed by atoms with Crippen molar-refractivity contribution in [1.29, 1.82) is 0 Å². The number of imidazole rings is 1. The molecule has 1 saturated heterocycles. The lowest BCUT2D eigenvalue weighted by molar-refractivity contribution is -0.158. The number of aryl methyl sites for hydroxylation is 2. The lowest BCUT2D eigenvalue weighted by Crippen LogP contribution is -2.35. The number of halogens is 3. The summed E-state index contributed by atoms with van der Waals surface area (Å²) < 4.78 is 54.7. The molecule has 4 aromatic rings. The summed E-state index contributed by atoms with van der Waals surface area (Å²) in [6.07, 6.45) is -1.14. The van der Waals surface area contributed by atoms with Crippen molar-refractivity contribution in [3.8, 4) is 10.6 Å². The summed E-state index contributed by atoms with van der Waals surface area (Å²) in [4.78, 5) is 18.1. The lowest BCUT2D eigenvalue weighted by Gasteiger charge is -2.28. The first kappa shape index (κ1) is 28.8. The van der Waals surface area contributed by atoms with Gasteiger partial charge in [-0.15, -0.1) is 11.3 Å². The van der Waals surface area contributed by atoms with Gasteiger partial charge in [0.15, 0.2) is 5.79 Å². The highest BCUT2D eigenvalue weighted by Crippen LogP contribution is 2.48. The Morgan fingerprint density at radius 3 is 2.62 bits per heavy atom. The summed E-state index contributed by atoms with van der Waals surface area (Å²) >= 11 is 1.46. The first-order chi connectivity index (χ1) is 19.9. The fourth-order valence-electron chi connectivity index (χ4n) is 6.04. The number of nitrogens with zero attached hydrogens (tertiary/aromatic N) is 5. The molecule has 10 nitrogen and oxygen atoms in total. The van der Waals surface area contributed by atoms with Gasteiger partial charge in [0, 0.05) is 31.3 Å². The summed E-state index contributed by atoms with van der Waals surface area (Å²) in [5, 5.41) is 16.9. The number of aliphatic hydroxyl groups excluding tert-OH is 1. The predicted molar refractivity (Wildman–Crippen MR) is 152 cm³/mol. The van der Waals surface area contributed by atoms with E-state index >= 15 is 0 Å². The number of fused-ring (bicyclic) bond motifs is 2. The summed E-state index contributed by atoms with van der Waals surface area (Å²) in [7, 11) is 1.88. The standard InChI is InChI=1S/C28H32F3N7O3S/c1-14-20(25-36-17-7-5-6-8-19(17)42-25)23(37-26(34-14)33-13-28(29,30)31)35-18-11-15(21-22(18)41-27(2,3)40-21)16(12-39)24-32-9-10-38(24)4/h5-10,15-16,18,21-22,39H,11-13H2,1-4H3,(H2,33,34,35,37)/t15-,16?,18-,21-,22+/m1/s1. The van der Waals surface area contributed by atoms with Crippen molar-refractivity contribution in [1.82, 2.24) is 24.5 Å². The number of rotatable bonds is 8. The van der Waals surface area contributed by atoms with Gasteiger partial charge in [-0.1, -0.05) is 12.1 Å². The number of aliphatic hydroxyl groups is 1. The minimum atomic E-state index is -4.44. The zero-order valence-corrected chi connectivity index (χ0v) is 24.3. The third-order valence-corrected chi connectivity index (χ3v) is 8.83. The monoisotopic (exact) mass is 603 g/mol. The Bertz CT molecular complexity index is 1560. The van der Waals surface area contributed by atoms with Gasteiger partial charge in [0.1, 0.15) is 29.3 Å². The van der Waals surface area contributed by atoms with E-state index in [9.17, 15) is 18.3 Å². The molecule has 6 rings (SSSR count). The molecular formula is C28H32F3N7O3S. The second-order valence-corrected chi connectivity index (χ2v) is 12.2. The van der Waals surface area contributed by atoms with Crippen LogP contribution in [0.2, 0.25) is 0 Å². The van der Waals surface area contributed by atoms with E-state index < -0.39 is 24.6 Å². The van der Waals surface area contributed by atoms with Crippen molar-refractivity contribution < 1.29 is 27.8 Å². The quantitative estimate of drug-likeness (QED) is 0.259. The van der Waals surface area contributed by atoms with Gasteiger partial charge < -0.3 is 29.8 Å². The molecule has 1 aliphatic carbocycles. The summed E-state index contributed by atoms with van der Waals surface area (Å²) in [5.74, 6) is -0.401. The molecule has 0 amide bonds. The molecule has 0 radical (unpaired) electrons. The molecule has 1 saturated carbocycles. The number of thiazole rings is 1. The SMILES string of the molecule is Cc1nc(NCC(F)(F)F)nc(N[C@@H]2C[C@H](C(CO)c3nccn3C)[C@H]3OC(C)(C)O[C@H]32)c1-c1nc2ccccc2s1. The van der Waals surface area contributed by atoms with Crippen LogP contribution >= 0.6 is 11.3 Å². The second kappa shape index (κ2) is 10.7. The Balaban J connectivity index is 1.39. The third-order valence-electron chi connectivity index (χ3n) is 7.78. The molecule has 224 valence electrons. The van der Waals surface area contributed by atoms with Crippen molar-refractivity contribution in [2.24, 2.45) is 13.0 Å². The molecular weight excluding hydrogens is 571 g/mol. The van der Waals surface area contributed by atoms with Gasteiger partial charge in [0.2, 0.25) is 5.95 Å². The van der Waals surface area contributed by atoms with Crippen LogP contribution < -0.4 is 10.6 Å². The second-order valence-electron chi connectivity index (χ2n) is 11.2. The van der Waals surface area contributed by atoms with Crippen LogP contribution in [0.5, 0.6) is 0 Å². The normalized spacial score (nSPS) is 24.2. The van der Waals surface area contributed by atoms with Gasteiger partial charge in [0.05, 0.1) is 40.2 Å². The van der Waals surface area contributed by atoms with Crippen molar-refractivity contribution in [3.05, 3.63) is 48.2 Å². The van der Waals surface area contributed by atoms with Crippen LogP contribution in [0.3, 0.4) is 0 Å². The maximum absolute atomic E-state index is 13.0. The number of alkyl halides is 3. The van der Waals surface area contributed by atoms with Crippen LogP contribution in [0.15, 0.2) is 36.7 Å². The Morgan fingerprint density at radius 1 is 1.17 bits per heavy atom. The fourth-order valence-corrected chi connectivity index (χ4v) is 7.11. The Morgan fingerprint density at radius 2 is 1.93 bits per heavy atom. The van der Waals surface area contributed by atoms with Crippen molar-refractivity contribution in [3.63, 3.8) is 0 Å². The summed E-state index contributed by atoms with van der Waals surface area (Å²) in [5.41, 5.74) is 1.89. The first-order valence-electron chi connectivity index (χ1n) is 13.7. The highest BCUT2D eigenvalue weighted by atomic mass is 32.1. The van der Waals surface area contributed by atoms with E-state index in [4.69, 9.17) is 14.5 Å². The minimum Gasteiger partial charge on any atom is -0.396 e. The van der Waals surface area contributed by atoms with E-state index in [1.54, 1.807) is 13.1 Å². The highest BCUT2D eigenvalue weighted by Gasteiger charge is 2.56. The molecule has 0 bridgehead atoms. The molecule has 3 N–H and O–H groups in total. The topological polar surface area (TPSA) is 119 Å². The number of benzene rings is 1. The van der Waals surface area contributed by atoms with E-state index in [0.717, 1.165) is 16.0 Å². The van der Waals surface area contributed by atoms with Crippen LogP contribution in [0.25, 0.3) is 20.8 Å². The number of hydrogen-bond acceptors (Lipinski definition) is 10. The molecule has 1 aliphatic heterocycles. The van der Waals surface area contributed by atoms with E-state index in [1.165, 1.54) is 11.3 Å². The molecule has 42 heavy (non-hydrogen) atoms. The molecule has 4 heterocycles. The molecule has 3 aromatic heterocycles. The smallest absolute Gasteiger partial charge is 0.396 e. The van der Waals surface area contributed by atoms with Crippen LogP contribution in [-0.2, 0) is 16.5 Å². The molecule has 2 fully saturated rings. The highest BCUT2D eigenvalue weighted by molar-refractivity contribution is 7.21. The van der Waals surface area contributed by atoms with Crippen LogP contribution in [0, 0.1) is 12.8 Å². The van der Waals surface area contributed by atoms with Gasteiger partial charge in [-0.25, -0.2) is 15.0 Å². The zero-order chi connectivity index (χ0) is 29.8. The number of ether oxygens (including phenoxy) is 2. The van der Waals surface area contributed by atoms with Gasteiger partial charge in [-0.3, -0.25) is 0 Å². The Labute approximate surface area is 244 Å². The Hall–Kier alpha value is -3.33. The van der Waals surface area contributed by atoms with E-state index in [1.807, 2.05) is 55.9 Å². The van der Waals surface area contributed by atoms with E-state index in [0.29, 0.717) is 28.5 Å². The zero-order valence-electron chi connectivity index (χ0n) is 23.5. The largest absolute Gasteiger partial charge is 0.405 e. The van der Waals surface area contributed by atoms with Gasteiger partial charge >= 0.3 is 6.18 Å². The van der Waals surface area contributed by atoms with Gasteiger partial charge in [-0.2, -0.15) is 18.2 Å². The maximum atomic E-state index is 13.0. The molecule has 1 aromatic carbocycles. The fraction of sp³-hybridized carbons (Fsp3) is 0.500. The average Bonchev–Trinajstić information content (AvgIpc) is 3.67. The number of nitrogens with one attached hydrogen (secondary N) is 2. The molecule has 0 spiro atoms. The average molecular weight is 604 g/mol. The van der Waals surface area contributed by atoms with Crippen LogP contribution in [-0.4, -0.2) is 73.0 Å². The lowest BCUT2D eigenvalue weighted by atomic mass is 9.88. The number of aromatic nitrogens is 5. The van der Waals surface area contributed by atoms with Gasteiger partial charge in [-0.05, 0) is 39.3 Å². The van der Waals surface area contributed by atoms with Crippen LogP contribution in [0.1, 0.15) is 37.7 Å². The maximum Gasteiger partial charge on any atom is 0.405 e. The molecule has 1 unspecified atom stereocenters. The third kappa shape index (κ3) is 5.55. The van der Waals surface area contributed by atoms with Crippen molar-refractivity contribution in [2.75, 3.05) is 23.8 Å². The van der Waals surface area contributed by atoms with Crippen molar-refractivity contribution in [2.45, 2.75) is 63.3 Å². The van der Waals surface area contributed by atoms with Crippen molar-refractivity contribution >= 4 is 33.3 Å². The van der Waals surface area contributed by atoms with E-state index in [-0.39, 0.29) is 36.5 Å². The predicted octanol–water partition coefficient (Wildman–Crippen LogP) is 4.87. The van der Waals surface area contributed by atoms with Gasteiger partial charge in [0.25, 0.3) is 0 Å². The summed E-state index contributed by atoms with van der Waals surface area (Å²) in [6, 6.07) is 7.35. The number of anilines is 2. The number of para-hydroxylation sites is 1. The molecule has 14 heteroatoms. The first-order valence-corrected chi connectivity index (χ1v) is 14.5. The molecule has 5 atom stereocenters. The number of hydrogen-bond donors (Lipinski definition) is 3. The summed E-state index contributed by atoms with van der Waals surface area (Å²) in [6.45, 7) is 4.01. The van der Waals surface area contributed by atoms with Crippen LogP contribution in [0.4, 0.5) is 24.9 Å². The molecule has 2 aliphatic rings. The Kier molecular flexibility index (Phi) is 7.36.